The van der Waals surface area contributed by atoms with E-state index in [1.54, 1.807) is 4.31 Å². The molecule has 0 aromatic heterocycles. The number of hydrogen-bond acceptors (Lipinski definition) is 4. The SMILES string of the molecule is C=S1(=O)CCN(C(C)C)CC1.CC(C)N1CCCS1(=O)=O. The molecule has 2 heterocycles. The fourth-order valence-electron chi connectivity index (χ4n) is 2.54. The minimum absolute atomic E-state index is 0.132. The maximum absolute atomic E-state index is 11.4. The largest absolute Gasteiger partial charge is 0.299 e. The molecular weight excluding hydrogens is 308 g/mol. The molecule has 0 radical (unpaired) electrons. The molecule has 0 amide bonds. The predicted octanol–water partition coefficient (Wildman–Crippen LogP) is 0.857. The van der Waals surface area contributed by atoms with Crippen LogP contribution in [0, 0.1) is 0 Å². The highest BCUT2D eigenvalue weighted by Gasteiger charge is 2.29. The van der Waals surface area contributed by atoms with Crippen molar-refractivity contribution in [3.8, 4) is 0 Å². The molecular formula is C14H30N2O3S2. The van der Waals surface area contributed by atoms with Crippen molar-refractivity contribution in [2.45, 2.75) is 46.2 Å². The van der Waals surface area contributed by atoms with Gasteiger partial charge in [0.15, 0.2) is 0 Å². The van der Waals surface area contributed by atoms with Crippen LogP contribution in [0.1, 0.15) is 34.1 Å². The third-order valence-electron chi connectivity index (χ3n) is 3.95. The van der Waals surface area contributed by atoms with Gasteiger partial charge in [-0.25, -0.2) is 8.42 Å². The molecule has 0 unspecified atom stereocenters. The minimum atomic E-state index is -2.85. The second kappa shape index (κ2) is 7.44. The zero-order valence-corrected chi connectivity index (χ0v) is 15.4. The van der Waals surface area contributed by atoms with Crippen LogP contribution in [-0.2, 0) is 19.5 Å². The highest BCUT2D eigenvalue weighted by molar-refractivity contribution is 8.00. The lowest BCUT2D eigenvalue weighted by Crippen LogP contribution is -2.43. The summed E-state index contributed by atoms with van der Waals surface area (Å²) in [5.74, 6) is 5.63. The lowest BCUT2D eigenvalue weighted by molar-refractivity contribution is 0.243. The summed E-state index contributed by atoms with van der Waals surface area (Å²) in [5.41, 5.74) is 0. The third kappa shape index (κ3) is 5.88. The monoisotopic (exact) mass is 338 g/mol. The molecule has 5 nitrogen and oxygen atoms in total. The molecule has 0 N–H and O–H groups in total. The first kappa shape index (κ1) is 18.9. The Hall–Kier alpha value is -0.110. The Morgan fingerprint density at radius 2 is 1.38 bits per heavy atom. The van der Waals surface area contributed by atoms with Crippen LogP contribution in [0.5, 0.6) is 0 Å². The number of hydrogen-bond donors (Lipinski definition) is 0. The van der Waals surface area contributed by atoms with E-state index in [0.717, 1.165) is 31.0 Å². The zero-order chi connectivity index (χ0) is 16.3. The van der Waals surface area contributed by atoms with Gasteiger partial charge in [-0.2, -0.15) is 4.31 Å². The quantitative estimate of drug-likeness (QED) is 0.701. The predicted molar refractivity (Wildman–Crippen MR) is 92.0 cm³/mol. The summed E-state index contributed by atoms with van der Waals surface area (Å²) in [7, 11) is -4.54. The minimum Gasteiger partial charge on any atom is -0.299 e. The topological polar surface area (TPSA) is 57.7 Å². The molecule has 7 heteroatoms. The van der Waals surface area contributed by atoms with Gasteiger partial charge < -0.3 is 0 Å². The maximum atomic E-state index is 11.4. The maximum Gasteiger partial charge on any atom is 0.214 e. The Morgan fingerprint density at radius 1 is 0.857 bits per heavy atom. The van der Waals surface area contributed by atoms with Crippen molar-refractivity contribution in [3.05, 3.63) is 0 Å². The second-order valence-corrected chi connectivity index (χ2v) is 11.2. The molecule has 0 aromatic rings. The Labute approximate surface area is 130 Å². The van der Waals surface area contributed by atoms with Crippen LogP contribution in [0.2, 0.25) is 0 Å². The number of nitrogens with zero attached hydrogens (tertiary/aromatic N) is 2. The van der Waals surface area contributed by atoms with Gasteiger partial charge in [0.25, 0.3) is 0 Å². The van der Waals surface area contributed by atoms with E-state index in [-0.39, 0.29) is 6.04 Å². The van der Waals surface area contributed by atoms with E-state index in [1.165, 1.54) is 0 Å². The molecule has 0 aliphatic carbocycles. The highest BCUT2D eigenvalue weighted by Crippen LogP contribution is 2.15. The van der Waals surface area contributed by atoms with Gasteiger partial charge in [-0.15, -0.1) is 0 Å². The van der Waals surface area contributed by atoms with Crippen LogP contribution in [0.3, 0.4) is 0 Å². The van der Waals surface area contributed by atoms with Gasteiger partial charge in [-0.3, -0.25) is 9.11 Å². The van der Waals surface area contributed by atoms with E-state index in [2.05, 4.69) is 24.6 Å². The van der Waals surface area contributed by atoms with Crippen LogP contribution in [0.4, 0.5) is 0 Å². The van der Waals surface area contributed by atoms with Gasteiger partial charge in [-0.1, -0.05) is 0 Å². The van der Waals surface area contributed by atoms with Crippen LogP contribution in [0.15, 0.2) is 0 Å². The molecule has 21 heavy (non-hydrogen) atoms. The highest BCUT2D eigenvalue weighted by atomic mass is 32.2. The van der Waals surface area contributed by atoms with Crippen molar-refractivity contribution in [1.29, 1.82) is 0 Å². The van der Waals surface area contributed by atoms with Crippen molar-refractivity contribution < 1.29 is 12.6 Å². The van der Waals surface area contributed by atoms with E-state index in [4.69, 9.17) is 0 Å². The third-order valence-corrected chi connectivity index (χ3v) is 7.92. The molecule has 0 aromatic carbocycles. The number of sulfonamides is 1. The first-order valence-electron chi connectivity index (χ1n) is 7.61. The van der Waals surface area contributed by atoms with Gasteiger partial charge in [0.1, 0.15) is 0 Å². The van der Waals surface area contributed by atoms with E-state index in [9.17, 15) is 12.6 Å². The van der Waals surface area contributed by atoms with Crippen molar-refractivity contribution in [1.82, 2.24) is 9.21 Å². The average Bonchev–Trinajstić information content (AvgIpc) is 2.69. The van der Waals surface area contributed by atoms with Crippen molar-refractivity contribution >= 4 is 25.4 Å². The Morgan fingerprint density at radius 3 is 1.67 bits per heavy atom. The summed E-state index contributed by atoms with van der Waals surface area (Å²) < 4.78 is 35.3. The van der Waals surface area contributed by atoms with Gasteiger partial charge in [0, 0.05) is 43.2 Å². The van der Waals surface area contributed by atoms with Crippen molar-refractivity contribution in [2.24, 2.45) is 0 Å². The normalized spacial score (nSPS) is 25.8. The summed E-state index contributed by atoms with van der Waals surface area (Å²) in [6.45, 7) is 10.8. The molecule has 0 saturated carbocycles. The first-order chi connectivity index (χ1) is 9.55. The fraction of sp³-hybridized carbons (Fsp3) is 0.929. The molecule has 0 atom stereocenters. The Kier molecular flexibility index (Phi) is 6.71. The molecule has 0 spiro atoms. The second-order valence-electron chi connectivity index (χ2n) is 6.38. The van der Waals surface area contributed by atoms with Crippen LogP contribution in [0.25, 0.3) is 0 Å². The fourth-order valence-corrected chi connectivity index (χ4v) is 5.65. The zero-order valence-electron chi connectivity index (χ0n) is 13.7. The van der Waals surface area contributed by atoms with E-state index in [1.807, 2.05) is 13.8 Å². The summed E-state index contributed by atoms with van der Waals surface area (Å²) in [6, 6.07) is 0.720. The van der Waals surface area contributed by atoms with Gasteiger partial charge in [0.2, 0.25) is 10.0 Å². The van der Waals surface area contributed by atoms with Gasteiger partial charge >= 0.3 is 0 Å². The molecule has 2 rings (SSSR count). The molecule has 2 saturated heterocycles. The molecule has 2 fully saturated rings. The summed E-state index contributed by atoms with van der Waals surface area (Å²) in [4.78, 5) is 2.36. The van der Waals surface area contributed by atoms with Crippen molar-refractivity contribution in [3.63, 3.8) is 0 Å². The summed E-state index contributed by atoms with van der Waals surface area (Å²) in [5, 5.41) is 0. The van der Waals surface area contributed by atoms with E-state index in [0.29, 0.717) is 18.3 Å². The van der Waals surface area contributed by atoms with E-state index < -0.39 is 19.5 Å². The molecule has 2 aliphatic heterocycles. The Bertz CT molecular complexity index is 510. The molecule has 0 bridgehead atoms. The van der Waals surface area contributed by atoms with Gasteiger partial charge in [-0.05, 0) is 49.5 Å². The molecule has 2 aliphatic rings. The summed E-state index contributed by atoms with van der Waals surface area (Å²) >= 11 is 0. The lowest BCUT2D eigenvalue weighted by atomic mass is 10.3. The standard InChI is InChI=1S/C8H17NOS.C6H13NO2S/c1-8(2)9-4-6-11(3,10)7-5-9;1-6(2)7-4-3-5-10(7,8)9/h8H,3-7H2,1-2H3;6H,3-5H2,1-2H3. The Balaban J connectivity index is 0.000000211. The molecule has 126 valence electrons. The van der Waals surface area contributed by atoms with Gasteiger partial charge in [0.05, 0.1) is 5.75 Å². The first-order valence-corrected chi connectivity index (χ1v) is 11.3. The summed E-state index contributed by atoms with van der Waals surface area (Å²) in [6.07, 6.45) is 0.792. The van der Waals surface area contributed by atoms with Crippen LogP contribution < -0.4 is 0 Å². The lowest BCUT2D eigenvalue weighted by Gasteiger charge is -2.31. The van der Waals surface area contributed by atoms with E-state index >= 15 is 0 Å². The smallest absolute Gasteiger partial charge is 0.214 e. The van der Waals surface area contributed by atoms with Crippen molar-refractivity contribution in [2.75, 3.05) is 36.9 Å². The van der Waals surface area contributed by atoms with Crippen LogP contribution in [-0.4, -0.2) is 76.7 Å². The average molecular weight is 339 g/mol. The number of rotatable bonds is 2. The van der Waals surface area contributed by atoms with Crippen LogP contribution >= 0.6 is 0 Å².